The number of rotatable bonds is 12. The number of allylic oxidation sites excluding steroid dienone is 1. The van der Waals surface area contributed by atoms with Crippen molar-refractivity contribution in [3.63, 3.8) is 0 Å². The van der Waals surface area contributed by atoms with E-state index in [2.05, 4.69) is 89.3 Å². The van der Waals surface area contributed by atoms with E-state index in [1.165, 1.54) is 0 Å². The summed E-state index contributed by atoms with van der Waals surface area (Å²) in [5.41, 5.74) is 5.58. The SMILES string of the molecule is C=C(NCC)C1CCC2C(CCc3cc(C(=O)NCC)ccc3C2(C[C@@H](NCC(=O)N2C(C#N)C[C@@H]3C[C@@H]32)c2ccc(C)cc2)c2nn[nH]n2)C1. The summed E-state index contributed by atoms with van der Waals surface area (Å²) < 4.78 is 0. The van der Waals surface area contributed by atoms with Crippen LogP contribution in [0, 0.1) is 41.9 Å². The lowest BCUT2D eigenvalue weighted by molar-refractivity contribution is -0.131. The number of amides is 2. The molecular weight excluding hydrogens is 639 g/mol. The van der Waals surface area contributed by atoms with E-state index < -0.39 is 5.41 Å². The third-order valence-electron chi connectivity index (χ3n) is 12.3. The Hall–Kier alpha value is -4.56. The molecule has 4 aliphatic rings. The van der Waals surface area contributed by atoms with Crippen molar-refractivity contribution in [1.82, 2.24) is 41.5 Å². The Morgan fingerprint density at radius 2 is 1.86 bits per heavy atom. The van der Waals surface area contributed by atoms with Gasteiger partial charge in [-0.3, -0.25) is 9.59 Å². The molecule has 0 bridgehead atoms. The van der Waals surface area contributed by atoms with Crippen molar-refractivity contribution < 1.29 is 9.59 Å². The van der Waals surface area contributed by atoms with Crippen LogP contribution in [0.15, 0.2) is 54.7 Å². The van der Waals surface area contributed by atoms with E-state index in [0.29, 0.717) is 42.1 Å². The number of hydrogen-bond acceptors (Lipinski definition) is 8. The number of H-pyrrole nitrogens is 1. The van der Waals surface area contributed by atoms with Crippen LogP contribution >= 0.6 is 0 Å². The van der Waals surface area contributed by atoms with E-state index in [1.54, 1.807) is 0 Å². The molecule has 2 aromatic carbocycles. The zero-order valence-electron chi connectivity index (χ0n) is 30.1. The van der Waals surface area contributed by atoms with Gasteiger partial charge in [-0.15, -0.1) is 10.2 Å². The molecule has 2 amide bonds. The third-order valence-corrected chi connectivity index (χ3v) is 12.3. The van der Waals surface area contributed by atoms with Gasteiger partial charge >= 0.3 is 0 Å². The van der Waals surface area contributed by atoms with Gasteiger partial charge in [-0.2, -0.15) is 10.5 Å². The van der Waals surface area contributed by atoms with Gasteiger partial charge in [-0.05, 0) is 125 Å². The van der Waals surface area contributed by atoms with Crippen molar-refractivity contribution in [2.24, 2.45) is 23.7 Å². The van der Waals surface area contributed by atoms with Crippen LogP contribution in [-0.4, -0.2) is 69.1 Å². The van der Waals surface area contributed by atoms with Crippen molar-refractivity contribution in [2.45, 2.75) is 95.7 Å². The van der Waals surface area contributed by atoms with Crippen molar-refractivity contribution in [2.75, 3.05) is 19.6 Å². The number of hydrogen-bond donors (Lipinski definition) is 4. The lowest BCUT2D eigenvalue weighted by atomic mass is 9.56. The van der Waals surface area contributed by atoms with Gasteiger partial charge in [0.1, 0.15) is 6.04 Å². The van der Waals surface area contributed by atoms with E-state index in [1.807, 2.05) is 17.9 Å². The molecule has 1 saturated heterocycles. The first-order valence-corrected chi connectivity index (χ1v) is 18.9. The van der Waals surface area contributed by atoms with Crippen LogP contribution in [0.2, 0.25) is 0 Å². The molecule has 268 valence electrons. The highest BCUT2D eigenvalue weighted by Crippen LogP contribution is 2.56. The van der Waals surface area contributed by atoms with Gasteiger partial charge < -0.3 is 20.9 Å². The molecule has 11 heteroatoms. The summed E-state index contributed by atoms with van der Waals surface area (Å²) in [6, 6.07) is 16.6. The predicted molar refractivity (Wildman–Crippen MR) is 194 cm³/mol. The highest BCUT2D eigenvalue weighted by atomic mass is 16.2. The fraction of sp³-hybridized carbons (Fsp3) is 0.550. The van der Waals surface area contributed by atoms with Crippen LogP contribution in [0.25, 0.3) is 0 Å². The van der Waals surface area contributed by atoms with Crippen LogP contribution in [0.1, 0.15) is 103 Å². The zero-order valence-corrected chi connectivity index (χ0v) is 30.1. The van der Waals surface area contributed by atoms with Gasteiger partial charge in [0.2, 0.25) is 5.91 Å². The Balaban J connectivity index is 1.32. The number of carbonyl (C=O) groups excluding carboxylic acids is 2. The van der Waals surface area contributed by atoms with Crippen LogP contribution in [0.5, 0.6) is 0 Å². The standard InChI is InChI=1S/C40H51N9O2/c1-5-42-25(4)27-13-15-33-28(17-27)11-12-29-18-30(38(51)43-6-2)14-16-34(29)40(33,39-45-47-48-46-39)21-35(26-9-7-24(3)8-10-26)44-23-37(50)49-32(22-41)19-31-20-36(31)49/h7-10,14,16,18,27-28,31-33,35-36,42,44H,4-6,11-13,15,17,19-21,23H2,1-3H3,(H,43,51)(H,45,46,47,48)/t27?,28?,31-,32?,33?,35-,36+,40?/m1/s1. The number of nitrogens with one attached hydrogen (secondary N) is 4. The normalized spacial score (nSPS) is 28.3. The Morgan fingerprint density at radius 1 is 1.06 bits per heavy atom. The number of aromatic amines is 1. The second kappa shape index (κ2) is 14.6. The van der Waals surface area contributed by atoms with Gasteiger partial charge in [0.25, 0.3) is 5.91 Å². The second-order valence-corrected chi connectivity index (χ2v) is 15.2. The molecule has 1 aromatic heterocycles. The maximum absolute atomic E-state index is 13.9. The molecule has 4 N–H and O–H groups in total. The van der Waals surface area contributed by atoms with Gasteiger partial charge in [-0.25, -0.2) is 0 Å². The van der Waals surface area contributed by atoms with E-state index >= 15 is 0 Å². The smallest absolute Gasteiger partial charge is 0.251 e. The molecule has 2 saturated carbocycles. The van der Waals surface area contributed by atoms with E-state index in [-0.39, 0.29) is 42.4 Å². The number of nitriles is 1. The van der Waals surface area contributed by atoms with Gasteiger partial charge in [0, 0.05) is 36.4 Å². The Bertz CT molecular complexity index is 1780. The quantitative estimate of drug-likeness (QED) is 0.210. The first kappa shape index (κ1) is 34.9. The summed E-state index contributed by atoms with van der Waals surface area (Å²) in [6.45, 7) is 12.1. The number of fused-ring (bicyclic) bond motifs is 3. The zero-order chi connectivity index (χ0) is 35.7. The number of nitrogens with zero attached hydrogens (tertiary/aromatic N) is 5. The maximum atomic E-state index is 13.9. The van der Waals surface area contributed by atoms with Crippen molar-refractivity contribution >= 4 is 11.8 Å². The fourth-order valence-electron chi connectivity index (χ4n) is 9.75. The topological polar surface area (TPSA) is 152 Å². The van der Waals surface area contributed by atoms with Gasteiger partial charge in [-0.1, -0.05) is 47.7 Å². The molecule has 8 atom stereocenters. The highest BCUT2D eigenvalue weighted by Gasteiger charge is 2.55. The first-order chi connectivity index (χ1) is 24.8. The third kappa shape index (κ3) is 6.66. The number of aryl methyl sites for hydroxylation is 2. The summed E-state index contributed by atoms with van der Waals surface area (Å²) in [7, 11) is 0. The Kier molecular flexibility index (Phi) is 9.97. The van der Waals surface area contributed by atoms with E-state index in [9.17, 15) is 14.9 Å². The molecule has 0 spiro atoms. The number of carbonyl (C=O) groups is 2. The summed E-state index contributed by atoms with van der Waals surface area (Å²) in [6.07, 6.45) is 7.10. The molecule has 11 nitrogen and oxygen atoms in total. The monoisotopic (exact) mass is 689 g/mol. The average molecular weight is 690 g/mol. The van der Waals surface area contributed by atoms with Crippen molar-refractivity contribution in [3.05, 3.63) is 88.4 Å². The van der Waals surface area contributed by atoms with Crippen LogP contribution in [0.4, 0.5) is 0 Å². The molecular formula is C40H51N9O2. The van der Waals surface area contributed by atoms with E-state index in [4.69, 9.17) is 10.2 Å². The van der Waals surface area contributed by atoms with Crippen LogP contribution < -0.4 is 16.0 Å². The average Bonchev–Trinajstić information content (AvgIpc) is 3.51. The maximum Gasteiger partial charge on any atom is 0.251 e. The molecule has 3 aromatic rings. The predicted octanol–water partition coefficient (Wildman–Crippen LogP) is 4.88. The minimum absolute atomic E-state index is 0.0227. The van der Waals surface area contributed by atoms with Crippen molar-refractivity contribution in [1.29, 1.82) is 5.26 Å². The fourth-order valence-corrected chi connectivity index (χ4v) is 9.75. The molecule has 3 fully saturated rings. The van der Waals surface area contributed by atoms with Crippen LogP contribution in [-0.2, 0) is 16.6 Å². The molecule has 51 heavy (non-hydrogen) atoms. The molecule has 7 rings (SSSR count). The highest BCUT2D eigenvalue weighted by molar-refractivity contribution is 5.94. The summed E-state index contributed by atoms with van der Waals surface area (Å²) in [5, 5.41) is 36.5. The summed E-state index contributed by atoms with van der Waals surface area (Å²) in [4.78, 5) is 28.8. The molecule has 2 heterocycles. The Morgan fingerprint density at radius 3 is 2.59 bits per heavy atom. The second-order valence-electron chi connectivity index (χ2n) is 15.2. The number of likely N-dealkylation sites (tertiary alicyclic amines) is 1. The Labute approximate surface area is 301 Å². The van der Waals surface area contributed by atoms with Crippen molar-refractivity contribution in [3.8, 4) is 6.07 Å². The van der Waals surface area contributed by atoms with Gasteiger partial charge in [0.15, 0.2) is 5.82 Å². The molecule has 3 aliphatic carbocycles. The molecule has 5 unspecified atom stereocenters. The minimum atomic E-state index is -0.677. The van der Waals surface area contributed by atoms with E-state index in [0.717, 1.165) is 79.4 Å². The molecule has 1 aliphatic heterocycles. The number of tetrazole rings is 1. The van der Waals surface area contributed by atoms with Gasteiger partial charge in [0.05, 0.1) is 18.0 Å². The summed E-state index contributed by atoms with van der Waals surface area (Å²) >= 11 is 0. The number of benzene rings is 2. The van der Waals surface area contributed by atoms with Crippen LogP contribution in [0.3, 0.4) is 0 Å². The number of aromatic nitrogens is 4. The summed E-state index contributed by atoms with van der Waals surface area (Å²) in [5.74, 6) is 1.88. The lowest BCUT2D eigenvalue weighted by Crippen LogP contribution is -2.48. The minimum Gasteiger partial charge on any atom is -0.389 e. The molecule has 0 radical (unpaired) electrons. The first-order valence-electron chi connectivity index (χ1n) is 18.9. The number of piperidine rings is 1. The largest absolute Gasteiger partial charge is 0.389 e. The lowest BCUT2D eigenvalue weighted by Gasteiger charge is -2.48.